The van der Waals surface area contributed by atoms with Gasteiger partial charge < -0.3 is 15.5 Å². The predicted molar refractivity (Wildman–Crippen MR) is 148 cm³/mol. The van der Waals surface area contributed by atoms with Crippen LogP contribution in [0, 0.1) is 13.8 Å². The fourth-order valence-corrected chi connectivity index (χ4v) is 4.37. The Labute approximate surface area is 214 Å². The molecule has 3 aromatic rings. The van der Waals surface area contributed by atoms with Gasteiger partial charge in [0, 0.05) is 43.6 Å². The van der Waals surface area contributed by atoms with Gasteiger partial charge in [0.15, 0.2) is 5.96 Å². The molecule has 2 aromatic carbocycles. The Hall–Kier alpha value is -2.55. The SMILES string of the molecule is CN=C(NCc1c(C)nn(-c2ccccc2)c1C)NC(C)c1cccc(N2CCCC2)c1.I. The standard InChI is InChI=1S/C26H34N6.HI/c1-19(22-11-10-14-24(17-22)31-15-8-9-16-31)29-26(27-4)28-18-25-20(2)30-32(21(25)3)23-12-6-5-7-13-23;/h5-7,10-14,17,19H,8-9,15-16,18H2,1-4H3,(H2,27,28,29);1H. The van der Waals surface area contributed by atoms with E-state index < -0.39 is 0 Å². The third-order valence-electron chi connectivity index (χ3n) is 6.29. The van der Waals surface area contributed by atoms with E-state index in [9.17, 15) is 0 Å². The number of anilines is 1. The zero-order valence-electron chi connectivity index (χ0n) is 20.0. The van der Waals surface area contributed by atoms with Crippen molar-refractivity contribution in [2.45, 2.75) is 46.2 Å². The van der Waals surface area contributed by atoms with E-state index in [-0.39, 0.29) is 30.0 Å². The van der Waals surface area contributed by atoms with Gasteiger partial charge in [-0.1, -0.05) is 30.3 Å². The number of aromatic nitrogens is 2. The zero-order chi connectivity index (χ0) is 22.5. The number of guanidine groups is 1. The molecule has 0 radical (unpaired) electrons. The van der Waals surface area contributed by atoms with Gasteiger partial charge in [0.25, 0.3) is 0 Å². The maximum Gasteiger partial charge on any atom is 0.191 e. The number of aryl methyl sites for hydroxylation is 1. The highest BCUT2D eigenvalue weighted by molar-refractivity contribution is 14.0. The molecule has 1 saturated heterocycles. The van der Waals surface area contributed by atoms with Crippen molar-refractivity contribution in [3.05, 3.63) is 77.1 Å². The highest BCUT2D eigenvalue weighted by atomic mass is 127. The van der Waals surface area contributed by atoms with E-state index in [0.717, 1.165) is 36.1 Å². The molecule has 2 heterocycles. The number of hydrogen-bond donors (Lipinski definition) is 2. The first-order valence-electron chi connectivity index (χ1n) is 11.5. The summed E-state index contributed by atoms with van der Waals surface area (Å²) in [4.78, 5) is 6.92. The van der Waals surface area contributed by atoms with Crippen molar-refractivity contribution in [2.75, 3.05) is 25.0 Å². The number of para-hydroxylation sites is 1. The molecule has 0 aliphatic carbocycles. The summed E-state index contributed by atoms with van der Waals surface area (Å²) in [5.74, 6) is 0.787. The molecule has 1 aromatic heterocycles. The molecule has 6 nitrogen and oxygen atoms in total. The lowest BCUT2D eigenvalue weighted by Gasteiger charge is -2.22. The van der Waals surface area contributed by atoms with Gasteiger partial charge in [-0.25, -0.2) is 4.68 Å². The quantitative estimate of drug-likeness (QED) is 0.250. The molecule has 1 aliphatic heterocycles. The van der Waals surface area contributed by atoms with Gasteiger partial charge in [-0.3, -0.25) is 4.99 Å². The Morgan fingerprint density at radius 2 is 1.73 bits per heavy atom. The lowest BCUT2D eigenvalue weighted by Crippen LogP contribution is -2.38. The zero-order valence-corrected chi connectivity index (χ0v) is 22.3. The predicted octanol–water partition coefficient (Wildman–Crippen LogP) is 5.13. The van der Waals surface area contributed by atoms with Crippen molar-refractivity contribution >= 4 is 35.6 Å². The topological polar surface area (TPSA) is 57.5 Å². The number of aliphatic imine (C=N–C) groups is 1. The van der Waals surface area contributed by atoms with E-state index in [4.69, 9.17) is 5.10 Å². The number of hydrogen-bond acceptors (Lipinski definition) is 3. The largest absolute Gasteiger partial charge is 0.372 e. The molecule has 0 amide bonds. The maximum absolute atomic E-state index is 4.75. The van der Waals surface area contributed by atoms with E-state index in [2.05, 4.69) is 77.7 Å². The van der Waals surface area contributed by atoms with Crippen molar-refractivity contribution in [1.29, 1.82) is 0 Å². The minimum Gasteiger partial charge on any atom is -0.372 e. The monoisotopic (exact) mass is 558 g/mol. The van der Waals surface area contributed by atoms with Gasteiger partial charge in [-0.05, 0) is 63.4 Å². The Morgan fingerprint density at radius 1 is 1.03 bits per heavy atom. The maximum atomic E-state index is 4.75. The molecule has 1 unspecified atom stereocenters. The van der Waals surface area contributed by atoms with Crippen LogP contribution in [0.25, 0.3) is 5.69 Å². The van der Waals surface area contributed by atoms with Crippen LogP contribution in [-0.2, 0) is 6.54 Å². The second kappa shape index (κ2) is 11.5. The molecule has 0 saturated carbocycles. The molecule has 0 spiro atoms. The fraction of sp³-hybridized carbons (Fsp3) is 0.385. The molecule has 33 heavy (non-hydrogen) atoms. The molecular weight excluding hydrogens is 523 g/mol. The molecule has 7 heteroatoms. The van der Waals surface area contributed by atoms with Gasteiger partial charge in [0.2, 0.25) is 0 Å². The minimum absolute atomic E-state index is 0. The summed E-state index contributed by atoms with van der Waals surface area (Å²) < 4.78 is 2.01. The van der Waals surface area contributed by atoms with Crippen LogP contribution in [0.2, 0.25) is 0 Å². The smallest absolute Gasteiger partial charge is 0.191 e. The molecule has 1 fully saturated rings. The second-order valence-electron chi connectivity index (χ2n) is 8.48. The molecule has 1 atom stereocenters. The van der Waals surface area contributed by atoms with Crippen LogP contribution >= 0.6 is 24.0 Å². The summed E-state index contributed by atoms with van der Waals surface area (Å²) in [5, 5.41) is 11.8. The summed E-state index contributed by atoms with van der Waals surface area (Å²) in [6.07, 6.45) is 2.57. The van der Waals surface area contributed by atoms with Gasteiger partial charge >= 0.3 is 0 Å². The number of halogens is 1. The van der Waals surface area contributed by atoms with Gasteiger partial charge in [-0.2, -0.15) is 5.10 Å². The number of nitrogens with zero attached hydrogens (tertiary/aromatic N) is 4. The van der Waals surface area contributed by atoms with Crippen LogP contribution in [0.1, 0.15) is 48.3 Å². The third kappa shape index (κ3) is 5.88. The Morgan fingerprint density at radius 3 is 2.42 bits per heavy atom. The van der Waals surface area contributed by atoms with Crippen LogP contribution in [0.3, 0.4) is 0 Å². The van der Waals surface area contributed by atoms with Crippen molar-refractivity contribution < 1.29 is 0 Å². The molecule has 1 aliphatic rings. The number of rotatable bonds is 6. The van der Waals surface area contributed by atoms with Crippen molar-refractivity contribution in [2.24, 2.45) is 4.99 Å². The summed E-state index contributed by atoms with van der Waals surface area (Å²) in [6.45, 7) is 9.34. The highest BCUT2D eigenvalue weighted by Gasteiger charge is 2.16. The normalized spacial score (nSPS) is 14.7. The van der Waals surface area contributed by atoms with Crippen LogP contribution in [0.4, 0.5) is 5.69 Å². The average Bonchev–Trinajstić information content (AvgIpc) is 3.46. The third-order valence-corrected chi connectivity index (χ3v) is 6.29. The first-order valence-corrected chi connectivity index (χ1v) is 11.5. The first kappa shape index (κ1) is 25.1. The van der Waals surface area contributed by atoms with Crippen LogP contribution in [-0.4, -0.2) is 35.9 Å². The van der Waals surface area contributed by atoms with Crippen LogP contribution in [0.5, 0.6) is 0 Å². The lowest BCUT2D eigenvalue weighted by atomic mass is 10.1. The molecule has 0 bridgehead atoms. The lowest BCUT2D eigenvalue weighted by molar-refractivity contribution is 0.684. The number of benzene rings is 2. The van der Waals surface area contributed by atoms with Crippen molar-refractivity contribution in [1.82, 2.24) is 20.4 Å². The highest BCUT2D eigenvalue weighted by Crippen LogP contribution is 2.24. The Balaban J connectivity index is 0.00000306. The van der Waals surface area contributed by atoms with Crippen molar-refractivity contribution in [3.8, 4) is 5.69 Å². The summed E-state index contributed by atoms with van der Waals surface area (Å²) >= 11 is 0. The van der Waals surface area contributed by atoms with Gasteiger partial charge in [0.05, 0.1) is 17.4 Å². The molecule has 176 valence electrons. The molecule has 2 N–H and O–H groups in total. The minimum atomic E-state index is 0. The molecular formula is C26H35IN6. The Bertz CT molecular complexity index is 1070. The molecule has 4 rings (SSSR count). The fourth-order valence-electron chi connectivity index (χ4n) is 4.37. The van der Waals surface area contributed by atoms with E-state index in [0.29, 0.717) is 6.54 Å². The number of nitrogens with one attached hydrogen (secondary N) is 2. The van der Waals surface area contributed by atoms with E-state index in [1.807, 2.05) is 29.9 Å². The van der Waals surface area contributed by atoms with Gasteiger partial charge in [-0.15, -0.1) is 24.0 Å². The van der Waals surface area contributed by atoms with Crippen molar-refractivity contribution in [3.63, 3.8) is 0 Å². The average molecular weight is 559 g/mol. The van der Waals surface area contributed by atoms with E-state index in [1.165, 1.54) is 29.7 Å². The van der Waals surface area contributed by atoms with Gasteiger partial charge in [0.1, 0.15) is 0 Å². The van der Waals surface area contributed by atoms with E-state index in [1.54, 1.807) is 0 Å². The van der Waals surface area contributed by atoms with Crippen LogP contribution in [0.15, 0.2) is 59.6 Å². The Kier molecular flexibility index (Phi) is 8.77. The van der Waals surface area contributed by atoms with Crippen LogP contribution < -0.4 is 15.5 Å². The second-order valence-corrected chi connectivity index (χ2v) is 8.48. The first-order chi connectivity index (χ1) is 15.6. The summed E-state index contributed by atoms with van der Waals surface area (Å²) in [7, 11) is 1.82. The summed E-state index contributed by atoms with van der Waals surface area (Å²) in [5.41, 5.74) is 7.02. The summed E-state index contributed by atoms with van der Waals surface area (Å²) in [6, 6.07) is 19.3. The van der Waals surface area contributed by atoms with E-state index >= 15 is 0 Å².